The van der Waals surface area contributed by atoms with E-state index in [0.29, 0.717) is 29.2 Å². The highest BCUT2D eigenvalue weighted by atomic mass is 19.4. The minimum atomic E-state index is -4.93. The molecular weight excluding hydrogens is 337 g/mol. The molecule has 1 fully saturated rings. The zero-order chi connectivity index (χ0) is 18.6. The van der Waals surface area contributed by atoms with Gasteiger partial charge in [0.2, 0.25) is 0 Å². The van der Waals surface area contributed by atoms with E-state index in [9.17, 15) is 22.8 Å². The summed E-state index contributed by atoms with van der Waals surface area (Å²) >= 11 is 0. The van der Waals surface area contributed by atoms with Crippen LogP contribution < -0.4 is 16.4 Å². The number of halogens is 3. The number of hydrogen-bond acceptors (Lipinski definition) is 4. The zero-order valence-corrected chi connectivity index (χ0v) is 13.6. The van der Waals surface area contributed by atoms with Crippen LogP contribution in [0.1, 0.15) is 12.8 Å². The predicted molar refractivity (Wildman–Crippen MR) is 86.1 cm³/mol. The molecule has 0 radical (unpaired) electrons. The standard InChI is InChI=1S/C16H19F3N4O2/c1-23(15(25)16(17,18)19)11-7-8-21-12(9-11)13(20)14(24)22-10-5-3-2-4-6-10/h2-6,11,21H,7-9,20H2,1H3,(H,22,24). The van der Waals surface area contributed by atoms with Gasteiger partial charge in [-0.2, -0.15) is 13.2 Å². The molecular formula is C16H19F3N4O2. The Balaban J connectivity index is 2.09. The number of amides is 2. The first-order chi connectivity index (χ1) is 11.7. The quantitative estimate of drug-likeness (QED) is 0.718. The molecule has 136 valence electrons. The molecule has 0 aliphatic carbocycles. The van der Waals surface area contributed by atoms with Gasteiger partial charge in [-0.1, -0.05) is 18.2 Å². The Labute approximate surface area is 142 Å². The molecule has 2 amide bonds. The first-order valence-corrected chi connectivity index (χ1v) is 7.63. The van der Waals surface area contributed by atoms with Gasteiger partial charge in [0.1, 0.15) is 5.70 Å². The van der Waals surface area contributed by atoms with Gasteiger partial charge >= 0.3 is 12.1 Å². The smallest absolute Gasteiger partial charge is 0.393 e. The first-order valence-electron chi connectivity index (χ1n) is 7.63. The second-order valence-electron chi connectivity index (χ2n) is 5.70. The Morgan fingerprint density at radius 3 is 2.52 bits per heavy atom. The molecule has 1 aromatic rings. The van der Waals surface area contributed by atoms with Crippen molar-refractivity contribution in [3.63, 3.8) is 0 Å². The summed E-state index contributed by atoms with van der Waals surface area (Å²) in [6, 6.07) is 7.95. The molecule has 4 N–H and O–H groups in total. The number of anilines is 1. The summed E-state index contributed by atoms with van der Waals surface area (Å²) in [5, 5.41) is 5.53. The molecule has 1 unspecified atom stereocenters. The van der Waals surface area contributed by atoms with E-state index in [1.165, 1.54) is 0 Å². The van der Waals surface area contributed by atoms with Crippen molar-refractivity contribution in [2.45, 2.75) is 25.1 Å². The number of nitrogens with one attached hydrogen (secondary N) is 2. The van der Waals surface area contributed by atoms with Gasteiger partial charge in [-0.15, -0.1) is 0 Å². The Morgan fingerprint density at radius 1 is 1.28 bits per heavy atom. The molecule has 2 rings (SSSR count). The van der Waals surface area contributed by atoms with Crippen molar-refractivity contribution in [2.24, 2.45) is 5.73 Å². The Hall–Kier alpha value is -2.71. The summed E-state index contributed by atoms with van der Waals surface area (Å²) in [6.45, 7) is 0.314. The molecule has 1 heterocycles. The molecule has 1 saturated heterocycles. The molecule has 0 aromatic heterocycles. The van der Waals surface area contributed by atoms with Crippen LogP contribution in [-0.2, 0) is 9.59 Å². The number of piperidine rings is 1. The lowest BCUT2D eigenvalue weighted by Crippen LogP contribution is -2.48. The summed E-state index contributed by atoms with van der Waals surface area (Å²) in [6.07, 6.45) is -4.55. The lowest BCUT2D eigenvalue weighted by molar-refractivity contribution is -0.186. The fourth-order valence-electron chi connectivity index (χ4n) is 2.56. The van der Waals surface area contributed by atoms with Crippen molar-refractivity contribution in [3.05, 3.63) is 41.7 Å². The predicted octanol–water partition coefficient (Wildman–Crippen LogP) is 1.57. The number of carbonyl (C=O) groups is 2. The molecule has 1 atom stereocenters. The van der Waals surface area contributed by atoms with Crippen molar-refractivity contribution < 1.29 is 22.8 Å². The van der Waals surface area contributed by atoms with Gasteiger partial charge in [0.25, 0.3) is 5.91 Å². The number of nitrogens with zero attached hydrogens (tertiary/aromatic N) is 1. The number of carbonyl (C=O) groups excluding carboxylic acids is 2. The van der Waals surface area contributed by atoms with Crippen LogP contribution in [0.4, 0.5) is 18.9 Å². The summed E-state index contributed by atoms with van der Waals surface area (Å²) in [4.78, 5) is 24.2. The third kappa shape index (κ3) is 4.65. The molecule has 25 heavy (non-hydrogen) atoms. The average molecular weight is 356 g/mol. The van der Waals surface area contributed by atoms with E-state index in [2.05, 4.69) is 10.6 Å². The molecule has 9 heteroatoms. The lowest BCUT2D eigenvalue weighted by Gasteiger charge is -2.34. The highest BCUT2D eigenvalue weighted by Gasteiger charge is 2.43. The minimum absolute atomic E-state index is 0.0480. The van der Waals surface area contributed by atoms with Crippen LogP contribution in [0.2, 0.25) is 0 Å². The Bertz CT molecular complexity index is 674. The van der Waals surface area contributed by atoms with Crippen LogP contribution in [0.5, 0.6) is 0 Å². The summed E-state index contributed by atoms with van der Waals surface area (Å²) in [5.41, 5.74) is 6.61. The molecule has 6 nitrogen and oxygen atoms in total. The number of rotatable bonds is 3. The maximum atomic E-state index is 12.6. The summed E-state index contributed by atoms with van der Waals surface area (Å²) < 4.78 is 37.7. The van der Waals surface area contributed by atoms with E-state index in [1.54, 1.807) is 30.3 Å². The fourth-order valence-corrected chi connectivity index (χ4v) is 2.56. The number of hydrogen-bond donors (Lipinski definition) is 3. The Kier molecular flexibility index (Phi) is 5.55. The van der Waals surface area contributed by atoms with E-state index < -0.39 is 24.0 Å². The number of benzene rings is 1. The monoisotopic (exact) mass is 356 g/mol. The van der Waals surface area contributed by atoms with Crippen molar-refractivity contribution in [1.82, 2.24) is 10.2 Å². The normalized spacial score (nSPS) is 19.6. The lowest BCUT2D eigenvalue weighted by atomic mass is 10.0. The SMILES string of the molecule is CN(C(=O)C(F)(F)F)C1CCNC(=C(N)C(=O)Nc2ccccc2)C1. The zero-order valence-electron chi connectivity index (χ0n) is 13.6. The number of para-hydroxylation sites is 1. The maximum Gasteiger partial charge on any atom is 0.471 e. The van der Waals surface area contributed by atoms with Gasteiger partial charge < -0.3 is 21.3 Å². The van der Waals surface area contributed by atoms with Crippen molar-refractivity contribution in [2.75, 3.05) is 18.9 Å². The van der Waals surface area contributed by atoms with Crippen LogP contribution >= 0.6 is 0 Å². The van der Waals surface area contributed by atoms with Crippen molar-refractivity contribution in [3.8, 4) is 0 Å². The van der Waals surface area contributed by atoms with Gasteiger partial charge in [0, 0.05) is 37.4 Å². The van der Waals surface area contributed by atoms with Crippen LogP contribution in [-0.4, -0.2) is 42.5 Å². The third-order valence-electron chi connectivity index (χ3n) is 3.97. The third-order valence-corrected chi connectivity index (χ3v) is 3.97. The van der Waals surface area contributed by atoms with E-state index in [1.807, 2.05) is 0 Å². The second-order valence-corrected chi connectivity index (χ2v) is 5.70. The maximum absolute atomic E-state index is 12.6. The van der Waals surface area contributed by atoms with Crippen molar-refractivity contribution in [1.29, 1.82) is 0 Å². The Morgan fingerprint density at radius 2 is 1.92 bits per heavy atom. The topological polar surface area (TPSA) is 87.5 Å². The fraction of sp³-hybridized carbons (Fsp3) is 0.375. The highest BCUT2D eigenvalue weighted by Crippen LogP contribution is 2.24. The van der Waals surface area contributed by atoms with Gasteiger partial charge in [-0.25, -0.2) is 0 Å². The van der Waals surface area contributed by atoms with Crippen molar-refractivity contribution >= 4 is 17.5 Å². The summed E-state index contributed by atoms with van der Waals surface area (Å²) in [5.74, 6) is -2.47. The van der Waals surface area contributed by atoms with Gasteiger partial charge in [-0.05, 0) is 18.6 Å². The molecule has 0 saturated carbocycles. The number of nitrogens with two attached hydrogens (primary N) is 1. The molecule has 0 bridgehead atoms. The highest BCUT2D eigenvalue weighted by molar-refractivity contribution is 6.03. The average Bonchev–Trinajstić information content (AvgIpc) is 2.60. The molecule has 0 spiro atoms. The van der Waals surface area contributed by atoms with Gasteiger partial charge in [-0.3, -0.25) is 9.59 Å². The number of alkyl halides is 3. The molecule has 1 aliphatic rings. The van der Waals surface area contributed by atoms with E-state index in [0.717, 1.165) is 7.05 Å². The minimum Gasteiger partial charge on any atom is -0.393 e. The van der Waals surface area contributed by atoms with Gasteiger partial charge in [0.05, 0.1) is 0 Å². The largest absolute Gasteiger partial charge is 0.471 e. The van der Waals surface area contributed by atoms with E-state index >= 15 is 0 Å². The second kappa shape index (κ2) is 7.45. The molecule has 1 aromatic carbocycles. The van der Waals surface area contributed by atoms with Gasteiger partial charge in [0.15, 0.2) is 0 Å². The summed E-state index contributed by atoms with van der Waals surface area (Å²) in [7, 11) is 1.10. The molecule has 1 aliphatic heterocycles. The van der Waals surface area contributed by atoms with Crippen LogP contribution in [0, 0.1) is 0 Å². The van der Waals surface area contributed by atoms with Crippen LogP contribution in [0.15, 0.2) is 41.7 Å². The van der Waals surface area contributed by atoms with E-state index in [4.69, 9.17) is 5.73 Å². The van der Waals surface area contributed by atoms with Crippen LogP contribution in [0.25, 0.3) is 0 Å². The first kappa shape index (κ1) is 18.6. The van der Waals surface area contributed by atoms with E-state index in [-0.39, 0.29) is 12.1 Å². The van der Waals surface area contributed by atoms with Crippen LogP contribution in [0.3, 0.4) is 0 Å².